The highest BCUT2D eigenvalue weighted by molar-refractivity contribution is 14.1. The number of aryl methyl sites for hydroxylation is 1. The summed E-state index contributed by atoms with van der Waals surface area (Å²) in [6, 6.07) is 6.23. The van der Waals surface area contributed by atoms with Gasteiger partial charge in [0, 0.05) is 40.0 Å². The Hall–Kier alpha value is -0.590. The van der Waals surface area contributed by atoms with Gasteiger partial charge in [0.2, 0.25) is 0 Å². The van der Waals surface area contributed by atoms with E-state index in [4.69, 9.17) is 11.6 Å². The Morgan fingerprint density at radius 3 is 2.95 bits per heavy atom. The molecule has 1 aromatic carbocycles. The SMILES string of the molecule is CCn1ccnc1CC(NC)c1cc(Cl)ccc1I. The van der Waals surface area contributed by atoms with Gasteiger partial charge in [-0.25, -0.2) is 4.98 Å². The van der Waals surface area contributed by atoms with Gasteiger partial charge in [0.1, 0.15) is 5.82 Å². The molecule has 3 nitrogen and oxygen atoms in total. The molecule has 0 aliphatic heterocycles. The second kappa shape index (κ2) is 6.72. The number of likely N-dealkylation sites (N-methyl/N-ethyl adjacent to an activating group) is 1. The van der Waals surface area contributed by atoms with Crippen molar-refractivity contribution in [1.82, 2.24) is 14.9 Å². The minimum Gasteiger partial charge on any atom is -0.335 e. The van der Waals surface area contributed by atoms with Crippen molar-refractivity contribution in [2.75, 3.05) is 7.05 Å². The van der Waals surface area contributed by atoms with E-state index in [0.29, 0.717) is 0 Å². The van der Waals surface area contributed by atoms with Crippen molar-refractivity contribution in [1.29, 1.82) is 0 Å². The third kappa shape index (κ3) is 3.49. The van der Waals surface area contributed by atoms with Gasteiger partial charge >= 0.3 is 0 Å². The third-order valence-corrected chi connectivity index (χ3v) is 4.43. The molecule has 0 bridgehead atoms. The third-order valence-electron chi connectivity index (χ3n) is 3.21. The molecule has 2 aromatic rings. The molecule has 0 radical (unpaired) electrons. The Morgan fingerprint density at radius 1 is 1.47 bits per heavy atom. The molecule has 0 spiro atoms. The second-order valence-corrected chi connectivity index (χ2v) is 5.94. The number of hydrogen-bond donors (Lipinski definition) is 1. The molecule has 0 saturated carbocycles. The lowest BCUT2D eigenvalue weighted by Gasteiger charge is -2.18. The van der Waals surface area contributed by atoms with Crippen LogP contribution in [0.5, 0.6) is 0 Å². The summed E-state index contributed by atoms with van der Waals surface area (Å²) in [6.07, 6.45) is 4.73. The number of benzene rings is 1. The second-order valence-electron chi connectivity index (χ2n) is 4.34. The first kappa shape index (κ1) is 14.8. The topological polar surface area (TPSA) is 29.9 Å². The van der Waals surface area contributed by atoms with Crippen LogP contribution in [0.1, 0.15) is 24.4 Å². The molecular formula is C14H17ClIN3. The molecule has 1 aromatic heterocycles. The van der Waals surface area contributed by atoms with E-state index in [0.717, 1.165) is 23.8 Å². The Labute approximate surface area is 132 Å². The fourth-order valence-corrected chi connectivity index (χ4v) is 3.04. The Balaban J connectivity index is 2.27. The maximum absolute atomic E-state index is 6.11. The van der Waals surface area contributed by atoms with Gasteiger partial charge in [-0.3, -0.25) is 0 Å². The highest BCUT2D eigenvalue weighted by Gasteiger charge is 2.16. The summed E-state index contributed by atoms with van der Waals surface area (Å²) in [4.78, 5) is 4.44. The van der Waals surface area contributed by atoms with E-state index in [2.05, 4.69) is 50.4 Å². The zero-order valence-corrected chi connectivity index (χ0v) is 13.9. The number of nitrogens with one attached hydrogen (secondary N) is 1. The molecule has 2 rings (SSSR count). The van der Waals surface area contributed by atoms with Crippen LogP contribution < -0.4 is 5.32 Å². The van der Waals surface area contributed by atoms with E-state index in [9.17, 15) is 0 Å². The van der Waals surface area contributed by atoms with Gasteiger partial charge in [-0.05, 0) is 60.3 Å². The molecule has 1 heterocycles. The number of rotatable bonds is 5. The molecule has 0 saturated heterocycles. The Bertz CT molecular complexity index is 553. The molecule has 0 fully saturated rings. The van der Waals surface area contributed by atoms with Gasteiger partial charge in [0.05, 0.1) is 0 Å². The quantitative estimate of drug-likeness (QED) is 0.791. The predicted molar refractivity (Wildman–Crippen MR) is 87.6 cm³/mol. The molecule has 1 atom stereocenters. The van der Waals surface area contributed by atoms with Crippen LogP contribution in [0.4, 0.5) is 0 Å². The maximum atomic E-state index is 6.11. The van der Waals surface area contributed by atoms with Crippen molar-refractivity contribution in [2.24, 2.45) is 0 Å². The van der Waals surface area contributed by atoms with Crippen LogP contribution in [0.3, 0.4) is 0 Å². The minimum absolute atomic E-state index is 0.221. The molecule has 0 aliphatic carbocycles. The van der Waals surface area contributed by atoms with Crippen molar-refractivity contribution in [3.8, 4) is 0 Å². The van der Waals surface area contributed by atoms with Crippen molar-refractivity contribution < 1.29 is 0 Å². The van der Waals surface area contributed by atoms with Crippen LogP contribution in [0, 0.1) is 3.57 Å². The van der Waals surface area contributed by atoms with Crippen molar-refractivity contribution in [3.63, 3.8) is 0 Å². The molecule has 1 unspecified atom stereocenters. The first-order chi connectivity index (χ1) is 9.15. The average molecular weight is 390 g/mol. The summed E-state index contributed by atoms with van der Waals surface area (Å²) >= 11 is 8.46. The standard InChI is InChI=1S/C14H17ClIN3/c1-3-19-7-6-18-14(19)9-13(17-2)11-8-10(15)4-5-12(11)16/h4-8,13,17H,3,9H2,1-2H3. The first-order valence-electron chi connectivity index (χ1n) is 6.28. The Morgan fingerprint density at radius 2 is 2.26 bits per heavy atom. The largest absolute Gasteiger partial charge is 0.335 e. The van der Waals surface area contributed by atoms with E-state index < -0.39 is 0 Å². The molecule has 5 heteroatoms. The van der Waals surface area contributed by atoms with Crippen LogP contribution in [0.25, 0.3) is 0 Å². The number of imidazole rings is 1. The molecule has 0 aliphatic rings. The summed E-state index contributed by atoms with van der Waals surface area (Å²) in [5.74, 6) is 1.10. The fraction of sp³-hybridized carbons (Fsp3) is 0.357. The van der Waals surface area contributed by atoms with Crippen molar-refractivity contribution in [2.45, 2.75) is 25.9 Å². The lowest BCUT2D eigenvalue weighted by molar-refractivity contribution is 0.551. The first-order valence-corrected chi connectivity index (χ1v) is 7.73. The molecule has 0 amide bonds. The summed E-state index contributed by atoms with van der Waals surface area (Å²) < 4.78 is 3.39. The number of nitrogens with zero attached hydrogens (tertiary/aromatic N) is 2. The zero-order chi connectivity index (χ0) is 13.8. The minimum atomic E-state index is 0.221. The maximum Gasteiger partial charge on any atom is 0.110 e. The van der Waals surface area contributed by atoms with Crippen LogP contribution in [0.15, 0.2) is 30.6 Å². The van der Waals surface area contributed by atoms with E-state index in [-0.39, 0.29) is 6.04 Å². The van der Waals surface area contributed by atoms with Gasteiger partial charge < -0.3 is 9.88 Å². The van der Waals surface area contributed by atoms with Gasteiger partial charge in [-0.1, -0.05) is 11.6 Å². The average Bonchev–Trinajstić information content (AvgIpc) is 2.86. The molecular weight excluding hydrogens is 373 g/mol. The molecule has 1 N–H and O–H groups in total. The van der Waals surface area contributed by atoms with Crippen LogP contribution >= 0.6 is 34.2 Å². The zero-order valence-electron chi connectivity index (χ0n) is 11.0. The van der Waals surface area contributed by atoms with Crippen LogP contribution in [0.2, 0.25) is 5.02 Å². The predicted octanol–water partition coefficient (Wildman–Crippen LogP) is 3.66. The smallest absolute Gasteiger partial charge is 0.110 e. The highest BCUT2D eigenvalue weighted by atomic mass is 127. The summed E-state index contributed by atoms with van der Waals surface area (Å²) in [7, 11) is 1.97. The van der Waals surface area contributed by atoms with E-state index in [1.165, 1.54) is 9.13 Å². The van der Waals surface area contributed by atoms with Gasteiger partial charge in [0.15, 0.2) is 0 Å². The van der Waals surface area contributed by atoms with E-state index in [1.54, 1.807) is 0 Å². The monoisotopic (exact) mass is 389 g/mol. The number of halogens is 2. The van der Waals surface area contributed by atoms with Crippen molar-refractivity contribution >= 4 is 34.2 Å². The van der Waals surface area contributed by atoms with Gasteiger partial charge in [0.25, 0.3) is 0 Å². The van der Waals surface area contributed by atoms with E-state index >= 15 is 0 Å². The number of hydrogen-bond acceptors (Lipinski definition) is 2. The summed E-state index contributed by atoms with van der Waals surface area (Å²) in [6.45, 7) is 3.07. The van der Waals surface area contributed by atoms with E-state index in [1.807, 2.05) is 31.6 Å². The molecule has 19 heavy (non-hydrogen) atoms. The fourth-order valence-electron chi connectivity index (χ4n) is 2.15. The van der Waals surface area contributed by atoms with Gasteiger partial charge in [-0.2, -0.15) is 0 Å². The lowest BCUT2D eigenvalue weighted by Crippen LogP contribution is -2.21. The summed E-state index contributed by atoms with van der Waals surface area (Å²) in [5, 5.41) is 4.13. The summed E-state index contributed by atoms with van der Waals surface area (Å²) in [5.41, 5.74) is 1.22. The highest BCUT2D eigenvalue weighted by Crippen LogP contribution is 2.26. The molecule has 102 valence electrons. The van der Waals surface area contributed by atoms with Crippen LogP contribution in [-0.2, 0) is 13.0 Å². The normalized spacial score (nSPS) is 12.6. The van der Waals surface area contributed by atoms with Gasteiger partial charge in [-0.15, -0.1) is 0 Å². The van der Waals surface area contributed by atoms with Crippen molar-refractivity contribution in [3.05, 3.63) is 50.6 Å². The Kier molecular flexibility index (Phi) is 5.24. The van der Waals surface area contributed by atoms with Crippen LogP contribution in [-0.4, -0.2) is 16.6 Å². The number of aromatic nitrogens is 2. The lowest BCUT2D eigenvalue weighted by atomic mass is 10.0.